The third kappa shape index (κ3) is 2.32. The molecule has 0 saturated heterocycles. The maximum absolute atomic E-state index is 11.5. The smallest absolute Gasteiger partial charge is 0.272 e. The quantitative estimate of drug-likeness (QED) is 0.569. The van der Waals surface area contributed by atoms with E-state index in [9.17, 15) is 4.79 Å². The van der Waals surface area contributed by atoms with E-state index >= 15 is 0 Å². The average molecular weight is 191 g/mol. The fraction of sp³-hybridized carbons (Fsp3) is 0.200. The van der Waals surface area contributed by atoms with Crippen molar-refractivity contribution in [2.45, 2.75) is 13.8 Å². The van der Waals surface area contributed by atoms with Crippen molar-refractivity contribution < 1.29 is 4.79 Å². The third-order valence-corrected chi connectivity index (χ3v) is 1.61. The summed E-state index contributed by atoms with van der Waals surface area (Å²) < 4.78 is 1.18. The van der Waals surface area contributed by atoms with E-state index in [2.05, 4.69) is 5.10 Å². The molecule has 0 radical (unpaired) electrons. The number of hydrogen-bond acceptors (Lipinski definition) is 3. The monoisotopic (exact) mass is 191 g/mol. The second kappa shape index (κ2) is 4.41. The summed E-state index contributed by atoms with van der Waals surface area (Å²) in [4.78, 5) is 11.5. The highest BCUT2D eigenvalue weighted by atomic mass is 16.2. The number of hydrogen-bond donors (Lipinski definition) is 1. The van der Waals surface area contributed by atoms with Gasteiger partial charge in [0.1, 0.15) is 5.82 Å². The van der Waals surface area contributed by atoms with Crippen molar-refractivity contribution in [1.29, 1.82) is 0 Å². The highest BCUT2D eigenvalue weighted by Gasteiger charge is 2.06. The van der Waals surface area contributed by atoms with Gasteiger partial charge in [0.15, 0.2) is 0 Å². The SMILES string of the molecule is C/C=C/C=C/C(=O)n1nc(C)cc1N. The molecule has 0 aromatic carbocycles. The van der Waals surface area contributed by atoms with E-state index in [4.69, 9.17) is 5.73 Å². The van der Waals surface area contributed by atoms with Gasteiger partial charge in [-0.05, 0) is 13.8 Å². The van der Waals surface area contributed by atoms with Gasteiger partial charge in [-0.25, -0.2) is 0 Å². The van der Waals surface area contributed by atoms with Gasteiger partial charge in [-0.3, -0.25) is 4.79 Å². The Bertz CT molecular complexity index is 388. The Kier molecular flexibility index (Phi) is 3.23. The molecule has 4 nitrogen and oxygen atoms in total. The van der Waals surface area contributed by atoms with Gasteiger partial charge in [0.25, 0.3) is 5.91 Å². The Balaban J connectivity index is 2.84. The Labute approximate surface area is 82.7 Å². The summed E-state index contributed by atoms with van der Waals surface area (Å²) in [5.41, 5.74) is 6.31. The molecule has 4 heteroatoms. The number of rotatable bonds is 2. The van der Waals surface area contributed by atoms with E-state index in [0.29, 0.717) is 5.82 Å². The number of nitrogen functional groups attached to an aromatic ring is 1. The normalized spacial score (nSPS) is 11.6. The standard InChI is InChI=1S/C10H13N3O/c1-3-4-5-6-10(14)13-9(11)7-8(2)12-13/h3-7H,11H2,1-2H3/b4-3+,6-5+. The average Bonchev–Trinajstić information content (AvgIpc) is 2.45. The molecule has 0 bridgehead atoms. The molecule has 0 aliphatic heterocycles. The fourth-order valence-corrected chi connectivity index (χ4v) is 1.02. The van der Waals surface area contributed by atoms with Crippen molar-refractivity contribution >= 4 is 11.7 Å². The van der Waals surface area contributed by atoms with Crippen molar-refractivity contribution in [3.63, 3.8) is 0 Å². The van der Waals surface area contributed by atoms with Gasteiger partial charge in [0, 0.05) is 12.1 Å². The largest absolute Gasteiger partial charge is 0.383 e. The van der Waals surface area contributed by atoms with Crippen molar-refractivity contribution in [2.75, 3.05) is 5.73 Å². The molecule has 0 unspecified atom stereocenters. The molecule has 2 N–H and O–H groups in total. The lowest BCUT2D eigenvalue weighted by atomic mass is 10.4. The lowest BCUT2D eigenvalue weighted by molar-refractivity contribution is 0.0956. The summed E-state index contributed by atoms with van der Waals surface area (Å²) in [6.07, 6.45) is 6.67. The van der Waals surface area contributed by atoms with Crippen molar-refractivity contribution in [3.05, 3.63) is 36.1 Å². The van der Waals surface area contributed by atoms with Crippen LogP contribution in [0.1, 0.15) is 17.4 Å². The summed E-state index contributed by atoms with van der Waals surface area (Å²) in [6, 6.07) is 1.65. The topological polar surface area (TPSA) is 60.9 Å². The molecule has 0 fully saturated rings. The second-order valence-electron chi connectivity index (χ2n) is 2.85. The maximum atomic E-state index is 11.5. The van der Waals surface area contributed by atoms with Crippen LogP contribution in [0.15, 0.2) is 30.4 Å². The molecule has 1 aromatic rings. The minimum Gasteiger partial charge on any atom is -0.383 e. The van der Waals surface area contributed by atoms with Gasteiger partial charge in [0.2, 0.25) is 0 Å². The molecule has 0 amide bonds. The zero-order valence-electron chi connectivity index (χ0n) is 8.27. The summed E-state index contributed by atoms with van der Waals surface area (Å²) in [5, 5.41) is 3.96. The van der Waals surface area contributed by atoms with E-state index < -0.39 is 0 Å². The molecule has 0 aliphatic carbocycles. The molecule has 14 heavy (non-hydrogen) atoms. The molecule has 0 saturated carbocycles. The second-order valence-corrected chi connectivity index (χ2v) is 2.85. The van der Waals surface area contributed by atoms with Gasteiger partial charge in [0.05, 0.1) is 5.69 Å². The van der Waals surface area contributed by atoms with E-state index in [1.165, 1.54) is 10.8 Å². The van der Waals surface area contributed by atoms with Gasteiger partial charge in [-0.1, -0.05) is 18.2 Å². The number of carbonyl (C=O) groups excluding carboxylic acids is 1. The summed E-state index contributed by atoms with van der Waals surface area (Å²) in [5.74, 6) is 0.117. The van der Waals surface area contributed by atoms with Crippen molar-refractivity contribution in [2.24, 2.45) is 0 Å². The predicted octanol–water partition coefficient (Wildman–Crippen LogP) is 1.55. The molecule has 0 aliphatic rings. The van der Waals surface area contributed by atoms with Crippen LogP contribution in [0.2, 0.25) is 0 Å². The Hall–Kier alpha value is -1.84. The van der Waals surface area contributed by atoms with Crippen LogP contribution in [-0.4, -0.2) is 15.7 Å². The summed E-state index contributed by atoms with van der Waals surface area (Å²) in [6.45, 7) is 3.66. The van der Waals surface area contributed by atoms with Crippen LogP contribution < -0.4 is 5.73 Å². The van der Waals surface area contributed by atoms with Gasteiger partial charge < -0.3 is 5.73 Å². The van der Waals surface area contributed by atoms with Crippen LogP contribution in [0.4, 0.5) is 5.82 Å². The Morgan fingerprint density at radius 1 is 1.57 bits per heavy atom. The van der Waals surface area contributed by atoms with E-state index in [1.807, 2.05) is 13.0 Å². The highest BCUT2D eigenvalue weighted by molar-refractivity contribution is 5.91. The number of nitrogens with two attached hydrogens (primary N) is 1. The van der Waals surface area contributed by atoms with E-state index in [0.717, 1.165) is 5.69 Å². The first-order chi connectivity index (χ1) is 6.65. The molecule has 1 heterocycles. The molecule has 0 spiro atoms. The molecular weight excluding hydrogens is 178 g/mol. The number of anilines is 1. The van der Waals surface area contributed by atoms with E-state index in [1.54, 1.807) is 25.1 Å². The summed E-state index contributed by atoms with van der Waals surface area (Å²) >= 11 is 0. The van der Waals surface area contributed by atoms with Crippen LogP contribution in [0.25, 0.3) is 0 Å². The number of aryl methyl sites for hydroxylation is 1. The Morgan fingerprint density at radius 2 is 2.29 bits per heavy atom. The van der Waals surface area contributed by atoms with Gasteiger partial charge >= 0.3 is 0 Å². The maximum Gasteiger partial charge on any atom is 0.272 e. The molecule has 74 valence electrons. The number of allylic oxidation sites excluding steroid dienone is 4. The van der Waals surface area contributed by atoms with Gasteiger partial charge in [-0.15, -0.1) is 0 Å². The van der Waals surface area contributed by atoms with Crippen LogP contribution in [0.5, 0.6) is 0 Å². The highest BCUT2D eigenvalue weighted by Crippen LogP contribution is 2.04. The van der Waals surface area contributed by atoms with Crippen molar-refractivity contribution in [3.8, 4) is 0 Å². The zero-order chi connectivity index (χ0) is 10.6. The number of nitrogens with zero attached hydrogens (tertiary/aromatic N) is 2. The number of carbonyl (C=O) groups is 1. The molecule has 1 rings (SSSR count). The third-order valence-electron chi connectivity index (χ3n) is 1.61. The van der Waals surface area contributed by atoms with Crippen LogP contribution in [-0.2, 0) is 0 Å². The van der Waals surface area contributed by atoms with Crippen LogP contribution in [0, 0.1) is 6.92 Å². The predicted molar refractivity (Wildman–Crippen MR) is 56.0 cm³/mol. The first-order valence-corrected chi connectivity index (χ1v) is 4.31. The van der Waals surface area contributed by atoms with Crippen molar-refractivity contribution in [1.82, 2.24) is 9.78 Å². The number of aromatic nitrogens is 2. The zero-order valence-corrected chi connectivity index (χ0v) is 8.27. The minimum absolute atomic E-state index is 0.242. The first-order valence-electron chi connectivity index (χ1n) is 4.31. The van der Waals surface area contributed by atoms with E-state index in [-0.39, 0.29) is 5.91 Å². The molecule has 0 atom stereocenters. The molecular formula is C10H13N3O. The fourth-order valence-electron chi connectivity index (χ4n) is 1.02. The first kappa shape index (κ1) is 10.2. The van der Waals surface area contributed by atoms with Gasteiger partial charge in [-0.2, -0.15) is 9.78 Å². The van der Waals surface area contributed by atoms with Crippen LogP contribution in [0.3, 0.4) is 0 Å². The minimum atomic E-state index is -0.242. The summed E-state index contributed by atoms with van der Waals surface area (Å²) in [7, 11) is 0. The van der Waals surface area contributed by atoms with Crippen LogP contribution >= 0.6 is 0 Å². The lowest BCUT2D eigenvalue weighted by Crippen LogP contribution is -2.12. The lowest BCUT2D eigenvalue weighted by Gasteiger charge is -1.95. The Morgan fingerprint density at radius 3 is 2.79 bits per heavy atom. The molecule has 1 aromatic heterocycles.